The lowest BCUT2D eigenvalue weighted by molar-refractivity contribution is 0.434. The Bertz CT molecular complexity index is 729. The number of aromatic amines is 1. The molecule has 104 valence electrons. The highest BCUT2D eigenvalue weighted by atomic mass is 35.5. The molecule has 0 radical (unpaired) electrons. The quantitative estimate of drug-likeness (QED) is 0.816. The van der Waals surface area contributed by atoms with Crippen LogP contribution in [0.15, 0.2) is 24.4 Å². The first-order valence-electron chi connectivity index (χ1n) is 6.16. The molecule has 3 rings (SSSR count). The number of aryl methyl sites for hydroxylation is 1. The summed E-state index contributed by atoms with van der Waals surface area (Å²) in [5.41, 5.74) is 2.77. The van der Waals surface area contributed by atoms with E-state index in [0.29, 0.717) is 10.5 Å². The van der Waals surface area contributed by atoms with Crippen molar-refractivity contribution in [3.05, 3.63) is 51.8 Å². The maximum absolute atomic E-state index is 13.2. The molecule has 1 aliphatic rings. The predicted molar refractivity (Wildman–Crippen MR) is 79.0 cm³/mol. The second-order valence-electron chi connectivity index (χ2n) is 4.77. The number of hydrogen-bond acceptors (Lipinski definition) is 2. The van der Waals surface area contributed by atoms with Crippen LogP contribution in [-0.4, -0.2) is 9.55 Å². The van der Waals surface area contributed by atoms with Crippen molar-refractivity contribution in [2.75, 3.05) is 0 Å². The summed E-state index contributed by atoms with van der Waals surface area (Å²) in [6.07, 6.45) is 4.12. The fraction of sp³-hybridized carbons (Fsp3) is 0.286. The maximum Gasteiger partial charge on any atom is 0.178 e. The van der Waals surface area contributed by atoms with Crippen molar-refractivity contribution in [3.8, 4) is 6.07 Å². The van der Waals surface area contributed by atoms with Crippen molar-refractivity contribution >= 4 is 24.6 Å². The van der Waals surface area contributed by atoms with Crippen molar-refractivity contribution in [2.24, 2.45) is 0 Å². The van der Waals surface area contributed by atoms with Crippen LogP contribution in [0, 0.1) is 21.9 Å². The number of nitriles is 1. The number of nitrogens with zero attached hydrogens (tertiary/aromatic N) is 2. The maximum atomic E-state index is 13.2. The molecule has 0 unspecified atom stereocenters. The highest BCUT2D eigenvalue weighted by Crippen LogP contribution is 2.30. The Morgan fingerprint density at radius 2 is 2.20 bits per heavy atom. The van der Waals surface area contributed by atoms with Crippen LogP contribution in [0.5, 0.6) is 0 Å². The van der Waals surface area contributed by atoms with E-state index in [4.69, 9.17) is 17.5 Å². The largest absolute Gasteiger partial charge is 0.336 e. The number of rotatable bonds is 1. The topological polar surface area (TPSA) is 44.5 Å². The molecule has 0 bridgehead atoms. The average molecular weight is 310 g/mol. The molecule has 2 aromatic rings. The third kappa shape index (κ3) is 2.49. The van der Waals surface area contributed by atoms with E-state index in [-0.39, 0.29) is 24.3 Å². The van der Waals surface area contributed by atoms with E-state index in [0.717, 1.165) is 30.4 Å². The first-order valence-corrected chi connectivity index (χ1v) is 6.57. The predicted octanol–water partition coefficient (Wildman–Crippen LogP) is 3.71. The molecule has 1 aliphatic carbocycles. The Hall–Kier alpha value is -1.64. The molecule has 20 heavy (non-hydrogen) atoms. The van der Waals surface area contributed by atoms with E-state index in [9.17, 15) is 4.39 Å². The van der Waals surface area contributed by atoms with Gasteiger partial charge in [-0.05, 0) is 54.7 Å². The number of aromatic nitrogens is 2. The van der Waals surface area contributed by atoms with E-state index in [1.807, 2.05) is 10.6 Å². The van der Waals surface area contributed by atoms with Crippen LogP contribution in [-0.2, 0) is 12.8 Å². The molecular weight excluding hydrogens is 297 g/mol. The molecule has 0 amide bonds. The molecule has 6 heteroatoms. The summed E-state index contributed by atoms with van der Waals surface area (Å²) in [6, 6.07) is 7.25. The van der Waals surface area contributed by atoms with Gasteiger partial charge in [0.1, 0.15) is 17.6 Å². The van der Waals surface area contributed by atoms with Crippen molar-refractivity contribution in [1.29, 1.82) is 5.26 Å². The number of benzene rings is 1. The molecule has 1 aromatic heterocycles. The first-order chi connectivity index (χ1) is 9.19. The normalized spacial score (nSPS) is 16.9. The first kappa shape index (κ1) is 14.8. The van der Waals surface area contributed by atoms with Gasteiger partial charge in [-0.25, -0.2) is 4.39 Å². The summed E-state index contributed by atoms with van der Waals surface area (Å²) >= 11 is 5.24. The SMILES string of the molecule is Cl.N#Cc1c[nH]c(=S)n1[C@H]1CCc2cc(F)ccc2C1. The van der Waals surface area contributed by atoms with Gasteiger partial charge in [-0.1, -0.05) is 6.07 Å². The fourth-order valence-corrected chi connectivity index (χ4v) is 3.06. The van der Waals surface area contributed by atoms with E-state index >= 15 is 0 Å². The summed E-state index contributed by atoms with van der Waals surface area (Å²) < 4.78 is 15.6. The van der Waals surface area contributed by atoms with E-state index < -0.39 is 0 Å². The molecule has 0 saturated carbocycles. The molecular formula is C14H13ClFN3S. The molecule has 0 fully saturated rings. The second kappa shape index (κ2) is 5.78. The number of nitrogens with one attached hydrogen (secondary N) is 1. The zero-order chi connectivity index (χ0) is 13.4. The number of halogens is 2. The minimum Gasteiger partial charge on any atom is -0.336 e. The molecule has 0 spiro atoms. The Morgan fingerprint density at radius 3 is 2.95 bits per heavy atom. The van der Waals surface area contributed by atoms with Crippen molar-refractivity contribution in [3.63, 3.8) is 0 Å². The fourth-order valence-electron chi connectivity index (χ4n) is 2.75. The van der Waals surface area contributed by atoms with Gasteiger partial charge in [-0.3, -0.25) is 0 Å². The van der Waals surface area contributed by atoms with Gasteiger partial charge in [0.05, 0.1) is 0 Å². The van der Waals surface area contributed by atoms with Gasteiger partial charge in [-0.2, -0.15) is 5.26 Å². The summed E-state index contributed by atoms with van der Waals surface area (Å²) in [4.78, 5) is 2.91. The average Bonchev–Trinajstić information content (AvgIpc) is 2.79. The van der Waals surface area contributed by atoms with Crippen molar-refractivity contribution in [2.45, 2.75) is 25.3 Å². The van der Waals surface area contributed by atoms with Crippen LogP contribution in [0.1, 0.15) is 29.3 Å². The summed E-state index contributed by atoms with van der Waals surface area (Å²) in [6.45, 7) is 0. The molecule has 1 heterocycles. The molecule has 3 nitrogen and oxygen atoms in total. The molecule has 1 N–H and O–H groups in total. The van der Waals surface area contributed by atoms with Crippen LogP contribution in [0.4, 0.5) is 4.39 Å². The van der Waals surface area contributed by atoms with Gasteiger partial charge >= 0.3 is 0 Å². The lowest BCUT2D eigenvalue weighted by Gasteiger charge is -2.26. The monoisotopic (exact) mass is 309 g/mol. The van der Waals surface area contributed by atoms with Gasteiger partial charge in [-0.15, -0.1) is 12.4 Å². The van der Waals surface area contributed by atoms with Crippen LogP contribution < -0.4 is 0 Å². The van der Waals surface area contributed by atoms with Gasteiger partial charge in [0.25, 0.3) is 0 Å². The lowest BCUT2D eigenvalue weighted by Crippen LogP contribution is -2.20. The van der Waals surface area contributed by atoms with Crippen LogP contribution >= 0.6 is 24.6 Å². The number of fused-ring (bicyclic) bond motifs is 1. The third-order valence-corrected chi connectivity index (χ3v) is 3.98. The number of hydrogen-bond donors (Lipinski definition) is 1. The van der Waals surface area contributed by atoms with Crippen LogP contribution in [0.3, 0.4) is 0 Å². The minimum atomic E-state index is -0.187. The summed E-state index contributed by atoms with van der Waals surface area (Å²) in [5.74, 6) is -0.187. The molecule has 1 aromatic carbocycles. The lowest BCUT2D eigenvalue weighted by atomic mass is 9.88. The van der Waals surface area contributed by atoms with Gasteiger partial charge in [0, 0.05) is 12.2 Å². The Kier molecular flexibility index (Phi) is 4.26. The Morgan fingerprint density at radius 1 is 1.40 bits per heavy atom. The molecule has 1 atom stereocenters. The number of H-pyrrole nitrogens is 1. The highest BCUT2D eigenvalue weighted by Gasteiger charge is 2.22. The van der Waals surface area contributed by atoms with Gasteiger partial charge in [0.15, 0.2) is 4.77 Å². The standard InChI is InChI=1S/C14H12FN3S.ClH/c15-11-3-1-10-6-12(4-2-9(10)5-11)18-13(7-16)8-17-14(18)19;/h1,3,5,8,12H,2,4,6H2,(H,17,19);1H/t12-;/m0./s1. The van der Waals surface area contributed by atoms with E-state index in [1.165, 1.54) is 6.07 Å². The van der Waals surface area contributed by atoms with Gasteiger partial charge < -0.3 is 9.55 Å². The van der Waals surface area contributed by atoms with E-state index in [1.54, 1.807) is 12.3 Å². The Balaban J connectivity index is 0.00000147. The molecule has 0 saturated heterocycles. The minimum absolute atomic E-state index is 0. The van der Waals surface area contributed by atoms with Crippen LogP contribution in [0.2, 0.25) is 0 Å². The highest BCUT2D eigenvalue weighted by molar-refractivity contribution is 7.71. The zero-order valence-electron chi connectivity index (χ0n) is 10.6. The molecule has 0 aliphatic heterocycles. The third-order valence-electron chi connectivity index (χ3n) is 3.66. The summed E-state index contributed by atoms with van der Waals surface area (Å²) in [7, 11) is 0. The van der Waals surface area contributed by atoms with Gasteiger partial charge in [0.2, 0.25) is 0 Å². The van der Waals surface area contributed by atoms with Crippen molar-refractivity contribution < 1.29 is 4.39 Å². The summed E-state index contributed by atoms with van der Waals surface area (Å²) in [5, 5.41) is 9.11. The Labute approximate surface area is 127 Å². The zero-order valence-corrected chi connectivity index (χ0v) is 12.2. The second-order valence-corrected chi connectivity index (χ2v) is 5.16. The smallest absolute Gasteiger partial charge is 0.178 e. The number of imidazole rings is 1. The van der Waals surface area contributed by atoms with Crippen LogP contribution in [0.25, 0.3) is 0 Å². The van der Waals surface area contributed by atoms with E-state index in [2.05, 4.69) is 11.1 Å². The van der Waals surface area contributed by atoms with Crippen molar-refractivity contribution in [1.82, 2.24) is 9.55 Å².